The number of halogens is 1. The Hall–Kier alpha value is -1.77. The number of anilines is 1. The summed E-state index contributed by atoms with van der Waals surface area (Å²) in [6.07, 6.45) is 4.86. The van der Waals surface area contributed by atoms with E-state index in [4.69, 9.17) is 11.6 Å². The molecule has 0 aliphatic carbocycles. The Morgan fingerprint density at radius 3 is 3.00 bits per heavy atom. The van der Waals surface area contributed by atoms with Crippen molar-refractivity contribution in [3.8, 4) is 0 Å². The molecule has 2 unspecified atom stereocenters. The average molecular weight is 408 g/mol. The normalized spacial score (nSPS) is 24.9. The Kier molecular flexibility index (Phi) is 4.82. The molecular formula is C18H22ClN5O2S. The first-order chi connectivity index (χ1) is 12.8. The van der Waals surface area contributed by atoms with Crippen LogP contribution in [-0.2, 0) is 17.9 Å². The fourth-order valence-electron chi connectivity index (χ4n) is 4.06. The van der Waals surface area contributed by atoms with E-state index in [1.165, 1.54) is 0 Å². The minimum absolute atomic E-state index is 0.144. The average Bonchev–Trinajstić information content (AvgIpc) is 3.18. The van der Waals surface area contributed by atoms with Crippen LogP contribution in [-0.4, -0.2) is 37.3 Å². The smallest absolute Gasteiger partial charge is 0.296 e. The van der Waals surface area contributed by atoms with Gasteiger partial charge in [0, 0.05) is 30.9 Å². The highest BCUT2D eigenvalue weighted by atomic mass is 35.5. The van der Waals surface area contributed by atoms with Crippen LogP contribution in [0.1, 0.15) is 43.5 Å². The van der Waals surface area contributed by atoms with Gasteiger partial charge in [-0.05, 0) is 51.2 Å². The van der Waals surface area contributed by atoms with Crippen molar-refractivity contribution < 1.29 is 9.35 Å². The second-order valence-electron chi connectivity index (χ2n) is 7.76. The van der Waals surface area contributed by atoms with Crippen LogP contribution < -0.4 is 9.62 Å². The molecule has 0 radical (unpaired) electrons. The molecular weight excluding hydrogens is 386 g/mol. The summed E-state index contributed by atoms with van der Waals surface area (Å²) in [5.41, 5.74) is 0.229. The molecule has 1 saturated heterocycles. The summed E-state index contributed by atoms with van der Waals surface area (Å²) < 4.78 is 16.9. The monoisotopic (exact) mass is 407 g/mol. The molecule has 4 heterocycles. The number of aryl methyl sites for hydroxylation is 1. The van der Waals surface area contributed by atoms with E-state index in [2.05, 4.69) is 33.6 Å². The second kappa shape index (κ2) is 7.00. The number of amides is 1. The van der Waals surface area contributed by atoms with Gasteiger partial charge >= 0.3 is 0 Å². The summed E-state index contributed by atoms with van der Waals surface area (Å²) in [5.74, 6) is 0.606. The molecule has 4 rings (SSSR count). The number of hydrogen-bond acceptors (Lipinski definition) is 5. The molecule has 1 N–H and O–H groups in total. The van der Waals surface area contributed by atoms with Crippen LogP contribution in [0.25, 0.3) is 0 Å². The van der Waals surface area contributed by atoms with Crippen LogP contribution in [0, 0.1) is 5.92 Å². The van der Waals surface area contributed by atoms with E-state index >= 15 is 0 Å². The Morgan fingerprint density at radius 2 is 2.19 bits per heavy atom. The van der Waals surface area contributed by atoms with Gasteiger partial charge in [-0.1, -0.05) is 11.6 Å². The first-order valence-corrected chi connectivity index (χ1v) is 10.6. The van der Waals surface area contributed by atoms with E-state index in [0.29, 0.717) is 27.5 Å². The molecule has 2 aromatic heterocycles. The quantitative estimate of drug-likeness (QED) is 0.536. The number of carbonyl (C=O) groups is 1. The first-order valence-electron chi connectivity index (χ1n) is 9.04. The molecule has 0 saturated carbocycles. The van der Waals surface area contributed by atoms with E-state index in [1.807, 2.05) is 0 Å². The lowest BCUT2D eigenvalue weighted by Crippen LogP contribution is -2.41. The van der Waals surface area contributed by atoms with Crippen LogP contribution in [0.15, 0.2) is 29.4 Å². The molecule has 2 aromatic rings. The minimum atomic E-state index is -1.73. The van der Waals surface area contributed by atoms with Crippen molar-refractivity contribution >= 4 is 34.7 Å². The standard InChI is InChI=1S/C18H22ClN5O2S/c1-18(2)10-12-4-3-8-23-9-7-15(21-23)27(26)22-17(25)13-5-6-14(19)20-16(13)24(18)11-12/h5-7,9,12H,3-4,8,10-11H2,1-2H3,(H,22,25). The van der Waals surface area contributed by atoms with E-state index in [0.717, 1.165) is 32.4 Å². The fourth-order valence-corrected chi connectivity index (χ4v) is 4.95. The molecule has 2 aliphatic rings. The Labute approximate surface area is 166 Å². The maximum atomic E-state index is 12.9. The second-order valence-corrected chi connectivity index (χ2v) is 9.30. The summed E-state index contributed by atoms with van der Waals surface area (Å²) >= 11 is 4.41. The van der Waals surface area contributed by atoms with Crippen molar-refractivity contribution in [3.63, 3.8) is 0 Å². The number of fused-ring (bicyclic) bond motifs is 6. The Bertz CT molecular complexity index is 871. The summed E-state index contributed by atoms with van der Waals surface area (Å²) in [6.45, 7) is 5.90. The van der Waals surface area contributed by atoms with Gasteiger partial charge in [0.25, 0.3) is 10.9 Å². The maximum absolute atomic E-state index is 12.9. The zero-order valence-corrected chi connectivity index (χ0v) is 16.9. The van der Waals surface area contributed by atoms with Crippen LogP contribution in [0.5, 0.6) is 0 Å². The largest absolute Gasteiger partial charge is 0.586 e. The molecule has 2 atom stereocenters. The van der Waals surface area contributed by atoms with E-state index in [1.54, 1.807) is 29.1 Å². The predicted molar refractivity (Wildman–Crippen MR) is 104 cm³/mol. The highest BCUT2D eigenvalue weighted by Crippen LogP contribution is 2.39. The molecule has 0 aromatic carbocycles. The maximum Gasteiger partial charge on any atom is 0.296 e. The van der Waals surface area contributed by atoms with Crippen molar-refractivity contribution in [3.05, 3.63) is 35.1 Å². The van der Waals surface area contributed by atoms with Crippen molar-refractivity contribution in [2.75, 3.05) is 11.4 Å². The highest BCUT2D eigenvalue weighted by molar-refractivity contribution is 7.90. The van der Waals surface area contributed by atoms with Crippen LogP contribution >= 0.6 is 11.6 Å². The lowest BCUT2D eigenvalue weighted by Gasteiger charge is -2.33. The SMILES string of the molecule is CC1(C)CC2CCCn3ccc(n3)[S+]([O-])NC(=O)c3ccc(Cl)nc3N1C2. The van der Waals surface area contributed by atoms with Gasteiger partial charge in [-0.3, -0.25) is 9.48 Å². The van der Waals surface area contributed by atoms with Crippen molar-refractivity contribution in [2.45, 2.75) is 50.2 Å². The lowest BCUT2D eigenvalue weighted by molar-refractivity contribution is 0.0981. The minimum Gasteiger partial charge on any atom is -0.586 e. The summed E-state index contributed by atoms with van der Waals surface area (Å²) in [5, 5.41) is 5.00. The van der Waals surface area contributed by atoms with Crippen molar-refractivity contribution in [1.82, 2.24) is 19.5 Å². The van der Waals surface area contributed by atoms with E-state index in [-0.39, 0.29) is 5.54 Å². The molecule has 2 aliphatic heterocycles. The van der Waals surface area contributed by atoms with Gasteiger partial charge in [0.15, 0.2) is 0 Å². The van der Waals surface area contributed by atoms with Gasteiger partial charge in [-0.15, -0.1) is 5.10 Å². The third-order valence-electron chi connectivity index (χ3n) is 5.29. The van der Waals surface area contributed by atoms with Gasteiger partial charge in [-0.25, -0.2) is 4.98 Å². The molecule has 7 nitrogen and oxygen atoms in total. The van der Waals surface area contributed by atoms with Gasteiger partial charge in [0.05, 0.1) is 5.56 Å². The first kappa shape index (κ1) is 18.6. The number of nitrogens with zero attached hydrogens (tertiary/aromatic N) is 4. The summed E-state index contributed by atoms with van der Waals surface area (Å²) in [4.78, 5) is 19.5. The summed E-state index contributed by atoms with van der Waals surface area (Å²) in [6, 6.07) is 4.90. The molecule has 0 spiro atoms. The molecule has 9 heteroatoms. The van der Waals surface area contributed by atoms with Crippen LogP contribution in [0.4, 0.5) is 5.82 Å². The zero-order valence-electron chi connectivity index (χ0n) is 15.3. The number of pyridine rings is 1. The number of nitrogens with one attached hydrogen (secondary N) is 1. The van der Waals surface area contributed by atoms with Crippen LogP contribution in [0.2, 0.25) is 5.15 Å². The Balaban J connectivity index is 1.76. The predicted octanol–water partition coefficient (Wildman–Crippen LogP) is 2.78. The molecule has 1 fully saturated rings. The van der Waals surface area contributed by atoms with Gasteiger partial charge in [0.1, 0.15) is 22.3 Å². The molecule has 4 bridgehead atoms. The highest BCUT2D eigenvalue weighted by Gasteiger charge is 2.40. The molecule has 27 heavy (non-hydrogen) atoms. The van der Waals surface area contributed by atoms with Crippen molar-refractivity contribution in [1.29, 1.82) is 0 Å². The Morgan fingerprint density at radius 1 is 1.37 bits per heavy atom. The number of hydrogen-bond donors (Lipinski definition) is 1. The molecule has 144 valence electrons. The van der Waals surface area contributed by atoms with Crippen molar-refractivity contribution in [2.24, 2.45) is 5.92 Å². The molecule has 1 amide bonds. The van der Waals surface area contributed by atoms with Gasteiger partial charge in [-0.2, -0.15) is 4.72 Å². The fraction of sp³-hybridized carbons (Fsp3) is 0.500. The number of aromatic nitrogens is 3. The van der Waals surface area contributed by atoms with Gasteiger partial charge in [0.2, 0.25) is 0 Å². The lowest BCUT2D eigenvalue weighted by atomic mass is 9.93. The number of carbonyl (C=O) groups excluding carboxylic acids is 1. The zero-order chi connectivity index (χ0) is 19.2. The van der Waals surface area contributed by atoms with Crippen LogP contribution in [0.3, 0.4) is 0 Å². The number of rotatable bonds is 0. The summed E-state index contributed by atoms with van der Waals surface area (Å²) in [7, 11) is 0. The topological polar surface area (TPSA) is 86.1 Å². The third kappa shape index (κ3) is 3.66. The van der Waals surface area contributed by atoms with Gasteiger partial charge < -0.3 is 9.45 Å². The third-order valence-corrected chi connectivity index (χ3v) is 6.47. The van der Waals surface area contributed by atoms with E-state index < -0.39 is 17.3 Å². The van der Waals surface area contributed by atoms with E-state index in [9.17, 15) is 9.35 Å².